The largest absolute Gasteiger partial charge is 0.394 e. The molecule has 1 atom stereocenters. The second-order valence-corrected chi connectivity index (χ2v) is 6.12. The summed E-state index contributed by atoms with van der Waals surface area (Å²) >= 11 is 6.04. The molecule has 2 N–H and O–H groups in total. The Morgan fingerprint density at radius 2 is 1.87 bits per heavy atom. The van der Waals surface area contributed by atoms with E-state index >= 15 is 0 Å². The number of nitrogens with one attached hydrogen (secondary N) is 1. The zero-order valence-electron chi connectivity index (χ0n) is 13.0. The van der Waals surface area contributed by atoms with Crippen LogP contribution in [0, 0.1) is 11.7 Å². The standard InChI is InChI=1S/C18H19ClFNO2/c1-11(2)17(10-22)21-18(23)13-5-3-12(4-6-13)15-8-7-14(20)9-16(15)19/h3-9,11,17,22H,10H2,1-2H3,(H,21,23)/t17-/m0/s1. The van der Waals surface area contributed by atoms with Gasteiger partial charge in [0.25, 0.3) is 5.91 Å². The lowest BCUT2D eigenvalue weighted by Gasteiger charge is -2.20. The Bertz CT molecular complexity index is 686. The number of amides is 1. The van der Waals surface area contributed by atoms with E-state index in [-0.39, 0.29) is 24.5 Å². The molecule has 2 aromatic rings. The molecule has 2 aromatic carbocycles. The number of aliphatic hydroxyl groups is 1. The number of aliphatic hydroxyl groups excluding tert-OH is 1. The van der Waals surface area contributed by atoms with Gasteiger partial charge < -0.3 is 10.4 Å². The number of carbonyl (C=O) groups is 1. The SMILES string of the molecule is CC(C)[C@H](CO)NC(=O)c1ccc(-c2ccc(F)cc2Cl)cc1. The van der Waals surface area contributed by atoms with E-state index in [9.17, 15) is 14.3 Å². The quantitative estimate of drug-likeness (QED) is 0.870. The van der Waals surface area contributed by atoms with Gasteiger partial charge in [-0.3, -0.25) is 4.79 Å². The molecule has 0 saturated carbocycles. The van der Waals surface area contributed by atoms with Crippen LogP contribution < -0.4 is 5.32 Å². The lowest BCUT2D eigenvalue weighted by molar-refractivity contribution is 0.0897. The molecule has 23 heavy (non-hydrogen) atoms. The summed E-state index contributed by atoms with van der Waals surface area (Å²) in [6, 6.07) is 10.8. The van der Waals surface area contributed by atoms with E-state index in [1.807, 2.05) is 13.8 Å². The summed E-state index contributed by atoms with van der Waals surface area (Å²) in [7, 11) is 0. The number of benzene rings is 2. The summed E-state index contributed by atoms with van der Waals surface area (Å²) in [5, 5.41) is 12.4. The number of halogens is 2. The van der Waals surface area contributed by atoms with Crippen LogP contribution in [0.25, 0.3) is 11.1 Å². The third-order valence-corrected chi connectivity index (χ3v) is 4.02. The van der Waals surface area contributed by atoms with Gasteiger partial charge in [0.1, 0.15) is 5.82 Å². The topological polar surface area (TPSA) is 49.3 Å². The van der Waals surface area contributed by atoms with Crippen LogP contribution in [-0.2, 0) is 0 Å². The number of hydrogen-bond acceptors (Lipinski definition) is 2. The maximum atomic E-state index is 13.1. The van der Waals surface area contributed by atoms with Crippen molar-refractivity contribution in [2.24, 2.45) is 5.92 Å². The van der Waals surface area contributed by atoms with Crippen LogP contribution in [0.1, 0.15) is 24.2 Å². The molecule has 0 fully saturated rings. The highest BCUT2D eigenvalue weighted by Crippen LogP contribution is 2.28. The van der Waals surface area contributed by atoms with Crippen LogP contribution in [0.2, 0.25) is 5.02 Å². The van der Waals surface area contributed by atoms with Gasteiger partial charge in [-0.05, 0) is 41.8 Å². The third kappa shape index (κ3) is 4.30. The van der Waals surface area contributed by atoms with Crippen LogP contribution in [-0.4, -0.2) is 23.7 Å². The lowest BCUT2D eigenvalue weighted by Crippen LogP contribution is -2.41. The van der Waals surface area contributed by atoms with E-state index in [0.29, 0.717) is 16.1 Å². The monoisotopic (exact) mass is 335 g/mol. The maximum absolute atomic E-state index is 13.1. The number of carbonyl (C=O) groups excluding carboxylic acids is 1. The van der Waals surface area contributed by atoms with Crippen LogP contribution in [0.15, 0.2) is 42.5 Å². The predicted octanol–water partition coefficient (Wildman–Crippen LogP) is 3.89. The fourth-order valence-electron chi connectivity index (χ4n) is 2.20. The average Bonchev–Trinajstić information content (AvgIpc) is 2.52. The smallest absolute Gasteiger partial charge is 0.251 e. The molecule has 0 bridgehead atoms. The molecule has 0 aliphatic carbocycles. The summed E-state index contributed by atoms with van der Waals surface area (Å²) in [5.74, 6) is -0.491. The van der Waals surface area contributed by atoms with Crippen LogP contribution in [0.5, 0.6) is 0 Å². The van der Waals surface area contributed by atoms with E-state index in [1.165, 1.54) is 12.1 Å². The Kier molecular flexibility index (Phi) is 5.74. The van der Waals surface area contributed by atoms with Crippen molar-refractivity contribution in [2.75, 3.05) is 6.61 Å². The van der Waals surface area contributed by atoms with Crippen molar-refractivity contribution in [2.45, 2.75) is 19.9 Å². The first-order chi connectivity index (χ1) is 10.9. The van der Waals surface area contributed by atoms with Crippen LogP contribution in [0.3, 0.4) is 0 Å². The molecule has 2 rings (SSSR count). The molecule has 1 amide bonds. The van der Waals surface area contributed by atoms with Crippen LogP contribution >= 0.6 is 11.6 Å². The summed E-state index contributed by atoms with van der Waals surface area (Å²) in [5.41, 5.74) is 2.00. The van der Waals surface area contributed by atoms with Crippen molar-refractivity contribution in [3.8, 4) is 11.1 Å². The third-order valence-electron chi connectivity index (χ3n) is 3.71. The minimum Gasteiger partial charge on any atom is -0.394 e. The van der Waals surface area contributed by atoms with Crippen molar-refractivity contribution in [1.82, 2.24) is 5.32 Å². The van der Waals surface area contributed by atoms with Gasteiger partial charge in [-0.25, -0.2) is 4.39 Å². The predicted molar refractivity (Wildman–Crippen MR) is 90.0 cm³/mol. The molecule has 0 spiro atoms. The highest BCUT2D eigenvalue weighted by molar-refractivity contribution is 6.33. The molecular weight excluding hydrogens is 317 g/mol. The minimum atomic E-state index is -0.390. The molecule has 5 heteroatoms. The fraction of sp³-hybridized carbons (Fsp3) is 0.278. The van der Waals surface area contributed by atoms with Gasteiger partial charge in [-0.15, -0.1) is 0 Å². The Hall–Kier alpha value is -1.91. The van der Waals surface area contributed by atoms with E-state index in [4.69, 9.17) is 11.6 Å². The Labute approximate surface area is 140 Å². The summed E-state index contributed by atoms with van der Waals surface area (Å²) in [4.78, 5) is 12.2. The lowest BCUT2D eigenvalue weighted by atomic mass is 10.0. The number of hydrogen-bond donors (Lipinski definition) is 2. The molecule has 0 saturated heterocycles. The molecule has 0 aliphatic heterocycles. The fourth-order valence-corrected chi connectivity index (χ4v) is 2.48. The van der Waals surface area contributed by atoms with Gasteiger partial charge in [0.2, 0.25) is 0 Å². The van der Waals surface area contributed by atoms with Crippen molar-refractivity contribution in [3.05, 3.63) is 58.9 Å². The molecule has 0 heterocycles. The Morgan fingerprint density at radius 1 is 1.22 bits per heavy atom. The first kappa shape index (κ1) is 17.4. The summed E-state index contributed by atoms with van der Waals surface area (Å²) in [6.07, 6.45) is 0. The average molecular weight is 336 g/mol. The van der Waals surface area contributed by atoms with E-state index < -0.39 is 5.82 Å². The van der Waals surface area contributed by atoms with Gasteiger partial charge in [0, 0.05) is 11.1 Å². The van der Waals surface area contributed by atoms with Crippen LogP contribution in [0.4, 0.5) is 4.39 Å². The summed E-state index contributed by atoms with van der Waals surface area (Å²) < 4.78 is 13.1. The highest BCUT2D eigenvalue weighted by atomic mass is 35.5. The highest BCUT2D eigenvalue weighted by Gasteiger charge is 2.16. The molecule has 0 unspecified atom stereocenters. The summed E-state index contributed by atoms with van der Waals surface area (Å²) in [6.45, 7) is 3.76. The van der Waals surface area contributed by atoms with Crippen molar-refractivity contribution < 1.29 is 14.3 Å². The van der Waals surface area contributed by atoms with Gasteiger partial charge in [-0.2, -0.15) is 0 Å². The Balaban J connectivity index is 2.17. The van der Waals surface area contributed by atoms with Gasteiger partial charge >= 0.3 is 0 Å². The second-order valence-electron chi connectivity index (χ2n) is 5.71. The van der Waals surface area contributed by atoms with E-state index in [0.717, 1.165) is 5.56 Å². The first-order valence-corrected chi connectivity index (χ1v) is 7.77. The van der Waals surface area contributed by atoms with Gasteiger partial charge in [0.15, 0.2) is 0 Å². The van der Waals surface area contributed by atoms with Crippen molar-refractivity contribution >= 4 is 17.5 Å². The first-order valence-electron chi connectivity index (χ1n) is 7.39. The normalized spacial score (nSPS) is 12.3. The molecule has 0 aromatic heterocycles. The molecule has 3 nitrogen and oxygen atoms in total. The maximum Gasteiger partial charge on any atom is 0.251 e. The van der Waals surface area contributed by atoms with Gasteiger partial charge in [0.05, 0.1) is 17.7 Å². The van der Waals surface area contributed by atoms with E-state index in [2.05, 4.69) is 5.32 Å². The van der Waals surface area contributed by atoms with Crippen molar-refractivity contribution in [1.29, 1.82) is 0 Å². The molecule has 122 valence electrons. The van der Waals surface area contributed by atoms with Crippen molar-refractivity contribution in [3.63, 3.8) is 0 Å². The van der Waals surface area contributed by atoms with E-state index in [1.54, 1.807) is 30.3 Å². The zero-order valence-corrected chi connectivity index (χ0v) is 13.8. The molecular formula is C18H19ClFNO2. The Morgan fingerprint density at radius 3 is 2.39 bits per heavy atom. The second kappa shape index (κ2) is 7.57. The molecule has 0 aliphatic rings. The number of rotatable bonds is 5. The zero-order chi connectivity index (χ0) is 17.0. The van der Waals surface area contributed by atoms with Gasteiger partial charge in [-0.1, -0.05) is 37.6 Å². The minimum absolute atomic E-state index is 0.104. The molecule has 0 radical (unpaired) electrons.